The van der Waals surface area contributed by atoms with E-state index in [9.17, 15) is 9.82 Å². The highest BCUT2D eigenvalue weighted by molar-refractivity contribution is 7.78. The topological polar surface area (TPSA) is 70.6 Å². The van der Waals surface area contributed by atoms with Gasteiger partial charge in [0.2, 0.25) is 0 Å². The Balaban J connectivity index is 2.21. The Morgan fingerprint density at radius 2 is 2.40 bits per heavy atom. The molecule has 0 fully saturated rings. The molecule has 0 unspecified atom stereocenters. The SMILES string of the molecule is O=C(NS)Nc1ccc2c(c1)B(O)OC2. The summed E-state index contributed by atoms with van der Waals surface area (Å²) in [6, 6.07) is 4.80. The Hall–Kier alpha value is -1.18. The first-order valence-electron chi connectivity index (χ1n) is 4.34. The Morgan fingerprint density at radius 3 is 3.13 bits per heavy atom. The molecule has 1 aliphatic rings. The fourth-order valence-electron chi connectivity index (χ4n) is 1.45. The third-order valence-corrected chi connectivity index (χ3v) is 2.37. The predicted octanol–water partition coefficient (Wildman–Crippen LogP) is -0.129. The van der Waals surface area contributed by atoms with Crippen LogP contribution < -0.4 is 15.5 Å². The molecular formula is C8H9BN2O3S. The van der Waals surface area contributed by atoms with Crippen molar-refractivity contribution < 1.29 is 14.5 Å². The third-order valence-electron chi connectivity index (χ3n) is 2.17. The molecule has 0 spiro atoms. The molecule has 5 nitrogen and oxygen atoms in total. The minimum atomic E-state index is -0.902. The molecule has 1 aliphatic heterocycles. The summed E-state index contributed by atoms with van der Waals surface area (Å²) in [6.45, 7) is 0.398. The number of hydrogen-bond acceptors (Lipinski definition) is 4. The second-order valence-electron chi connectivity index (χ2n) is 3.14. The second-order valence-corrected chi connectivity index (χ2v) is 3.37. The summed E-state index contributed by atoms with van der Waals surface area (Å²) in [5.74, 6) is 0. The summed E-state index contributed by atoms with van der Waals surface area (Å²) in [6.07, 6.45) is 0. The highest BCUT2D eigenvalue weighted by Crippen LogP contribution is 2.14. The lowest BCUT2D eigenvalue weighted by molar-refractivity contribution is 0.257. The van der Waals surface area contributed by atoms with Gasteiger partial charge in [0.15, 0.2) is 0 Å². The minimum Gasteiger partial charge on any atom is -0.423 e. The molecule has 15 heavy (non-hydrogen) atoms. The van der Waals surface area contributed by atoms with E-state index in [0.717, 1.165) is 5.56 Å². The van der Waals surface area contributed by atoms with Crippen molar-refractivity contribution in [2.24, 2.45) is 0 Å². The van der Waals surface area contributed by atoms with Crippen LogP contribution in [0.5, 0.6) is 0 Å². The van der Waals surface area contributed by atoms with Crippen molar-refractivity contribution in [3.63, 3.8) is 0 Å². The van der Waals surface area contributed by atoms with Crippen LogP contribution in [-0.2, 0) is 11.3 Å². The fourth-order valence-corrected chi connectivity index (χ4v) is 1.51. The van der Waals surface area contributed by atoms with Crippen molar-refractivity contribution in [2.45, 2.75) is 6.61 Å². The van der Waals surface area contributed by atoms with E-state index in [1.807, 2.05) is 0 Å². The minimum absolute atomic E-state index is 0.398. The molecule has 78 valence electrons. The van der Waals surface area contributed by atoms with Gasteiger partial charge in [-0.05, 0) is 23.2 Å². The number of anilines is 1. The summed E-state index contributed by atoms with van der Waals surface area (Å²) < 4.78 is 7.16. The van der Waals surface area contributed by atoms with E-state index in [4.69, 9.17) is 4.65 Å². The van der Waals surface area contributed by atoms with Gasteiger partial charge >= 0.3 is 13.1 Å². The van der Waals surface area contributed by atoms with Crippen LogP contribution in [0.15, 0.2) is 18.2 Å². The molecule has 1 heterocycles. The summed E-state index contributed by atoms with van der Waals surface area (Å²) in [4.78, 5) is 11.0. The predicted molar refractivity (Wildman–Crippen MR) is 60.0 cm³/mol. The van der Waals surface area contributed by atoms with Gasteiger partial charge in [-0.1, -0.05) is 18.9 Å². The standard InChI is InChI=1S/C8H9BN2O3S/c12-8(11-15)10-6-2-1-5-4-14-9(13)7(5)3-6/h1-3,13,15H,4H2,(H2,10,11,12). The number of carbonyl (C=O) groups is 1. The third kappa shape index (κ3) is 2.09. The highest BCUT2D eigenvalue weighted by Gasteiger charge is 2.27. The molecule has 0 atom stereocenters. The van der Waals surface area contributed by atoms with Crippen molar-refractivity contribution in [1.82, 2.24) is 4.72 Å². The maximum absolute atomic E-state index is 11.0. The number of thiol groups is 1. The molecule has 0 aromatic heterocycles. The number of benzene rings is 1. The van der Waals surface area contributed by atoms with Crippen molar-refractivity contribution in [3.8, 4) is 0 Å². The van der Waals surface area contributed by atoms with Gasteiger partial charge in [0, 0.05) is 5.69 Å². The van der Waals surface area contributed by atoms with E-state index in [-0.39, 0.29) is 0 Å². The smallest absolute Gasteiger partial charge is 0.423 e. The van der Waals surface area contributed by atoms with Gasteiger partial charge in [-0.15, -0.1) is 0 Å². The van der Waals surface area contributed by atoms with Crippen molar-refractivity contribution >= 4 is 37.1 Å². The summed E-state index contributed by atoms with van der Waals surface area (Å²) in [7, 11) is -0.902. The second kappa shape index (κ2) is 4.14. The highest BCUT2D eigenvalue weighted by atomic mass is 32.1. The van der Waals surface area contributed by atoms with E-state index in [0.29, 0.717) is 17.8 Å². The van der Waals surface area contributed by atoms with Gasteiger partial charge in [0.1, 0.15) is 0 Å². The lowest BCUT2D eigenvalue weighted by Gasteiger charge is -2.05. The zero-order chi connectivity index (χ0) is 10.8. The summed E-state index contributed by atoms with van der Waals surface area (Å²) >= 11 is 3.61. The average Bonchev–Trinajstić information content (AvgIpc) is 2.60. The molecule has 0 saturated carbocycles. The van der Waals surface area contributed by atoms with Crippen LogP contribution in [0.25, 0.3) is 0 Å². The van der Waals surface area contributed by atoms with E-state index in [2.05, 4.69) is 22.9 Å². The van der Waals surface area contributed by atoms with Crippen LogP contribution in [0, 0.1) is 0 Å². The molecule has 1 aromatic carbocycles. The van der Waals surface area contributed by atoms with Crippen LogP contribution in [0.1, 0.15) is 5.56 Å². The zero-order valence-corrected chi connectivity index (χ0v) is 8.62. The van der Waals surface area contributed by atoms with E-state index in [1.165, 1.54) is 0 Å². The summed E-state index contributed by atoms with van der Waals surface area (Å²) in [5, 5.41) is 12.0. The Labute approximate surface area is 92.5 Å². The first kappa shape index (κ1) is 10.3. The number of hydrogen-bond donors (Lipinski definition) is 4. The average molecular weight is 224 g/mol. The number of nitrogens with one attached hydrogen (secondary N) is 2. The van der Waals surface area contributed by atoms with Crippen LogP contribution in [0.4, 0.5) is 10.5 Å². The van der Waals surface area contributed by atoms with Gasteiger partial charge in [-0.2, -0.15) is 0 Å². The van der Waals surface area contributed by atoms with Gasteiger partial charge in [-0.3, -0.25) is 4.72 Å². The van der Waals surface area contributed by atoms with Crippen molar-refractivity contribution in [2.75, 3.05) is 5.32 Å². The Kier molecular flexibility index (Phi) is 2.85. The molecule has 0 bridgehead atoms. The van der Waals surface area contributed by atoms with Crippen LogP contribution >= 0.6 is 12.8 Å². The molecule has 7 heteroatoms. The van der Waals surface area contributed by atoms with Gasteiger partial charge < -0.3 is 15.0 Å². The number of urea groups is 1. The number of fused-ring (bicyclic) bond motifs is 1. The molecule has 2 amide bonds. The Bertz CT molecular complexity index is 401. The van der Waals surface area contributed by atoms with Gasteiger partial charge in [0.05, 0.1) is 6.61 Å². The maximum Gasteiger partial charge on any atom is 0.491 e. The maximum atomic E-state index is 11.0. The number of rotatable bonds is 1. The van der Waals surface area contributed by atoms with Crippen molar-refractivity contribution in [1.29, 1.82) is 0 Å². The van der Waals surface area contributed by atoms with Crippen LogP contribution in [0.2, 0.25) is 0 Å². The number of carbonyl (C=O) groups excluding carboxylic acids is 1. The molecule has 2 rings (SSSR count). The lowest BCUT2D eigenvalue weighted by Crippen LogP contribution is -2.29. The fraction of sp³-hybridized carbons (Fsp3) is 0.125. The van der Waals surface area contributed by atoms with E-state index in [1.54, 1.807) is 18.2 Å². The monoisotopic (exact) mass is 224 g/mol. The van der Waals surface area contributed by atoms with Gasteiger partial charge in [0.25, 0.3) is 0 Å². The molecule has 1 aromatic rings. The summed E-state index contributed by atoms with van der Waals surface area (Å²) in [5.41, 5.74) is 2.20. The normalized spacial score (nSPS) is 13.6. The quantitative estimate of drug-likeness (QED) is 0.396. The van der Waals surface area contributed by atoms with Crippen LogP contribution in [-0.4, -0.2) is 18.2 Å². The molecular weight excluding hydrogens is 215 g/mol. The lowest BCUT2D eigenvalue weighted by atomic mass is 9.79. The number of amides is 2. The van der Waals surface area contributed by atoms with E-state index < -0.39 is 13.1 Å². The van der Waals surface area contributed by atoms with Crippen LogP contribution in [0.3, 0.4) is 0 Å². The molecule has 3 N–H and O–H groups in total. The van der Waals surface area contributed by atoms with E-state index >= 15 is 0 Å². The molecule has 0 radical (unpaired) electrons. The molecule has 0 saturated heterocycles. The first-order chi connectivity index (χ1) is 7.20. The first-order valence-corrected chi connectivity index (χ1v) is 4.79. The Morgan fingerprint density at radius 1 is 1.60 bits per heavy atom. The van der Waals surface area contributed by atoms with Crippen molar-refractivity contribution in [3.05, 3.63) is 23.8 Å². The largest absolute Gasteiger partial charge is 0.491 e. The molecule has 0 aliphatic carbocycles. The zero-order valence-electron chi connectivity index (χ0n) is 7.73. The van der Waals surface area contributed by atoms with Gasteiger partial charge in [-0.25, -0.2) is 4.79 Å².